The molecular formula is C24H18F4N4O2. The average Bonchev–Trinajstić information content (AvgIpc) is 3.23. The van der Waals surface area contributed by atoms with Gasteiger partial charge in [0.05, 0.1) is 17.9 Å². The summed E-state index contributed by atoms with van der Waals surface area (Å²) in [5, 5.41) is 6.99. The topological polar surface area (TPSA) is 69.0 Å². The van der Waals surface area contributed by atoms with Crippen molar-refractivity contribution in [3.63, 3.8) is 0 Å². The standard InChI is InChI=1S/C24H18F4N4O2/c1-2-34-23-30-21(15-5-9-18(25)10-6-15)32(31-23)20-13-11-19(12-14-20)29-22(33)16-3-7-17(8-4-16)24(26,27)28/h3-14H,2H2,1H3,(H,29,33). The Labute approximate surface area is 191 Å². The van der Waals surface area contributed by atoms with Crippen LogP contribution in [0.15, 0.2) is 72.8 Å². The molecule has 0 aliphatic heterocycles. The summed E-state index contributed by atoms with van der Waals surface area (Å²) < 4.78 is 58.4. The van der Waals surface area contributed by atoms with E-state index < -0.39 is 17.6 Å². The van der Waals surface area contributed by atoms with E-state index in [2.05, 4.69) is 15.4 Å². The van der Waals surface area contributed by atoms with Crippen LogP contribution in [0.25, 0.3) is 17.1 Å². The van der Waals surface area contributed by atoms with Crippen molar-refractivity contribution in [3.8, 4) is 23.1 Å². The van der Waals surface area contributed by atoms with Gasteiger partial charge in [0.2, 0.25) is 0 Å². The zero-order valence-corrected chi connectivity index (χ0v) is 17.8. The molecular weight excluding hydrogens is 452 g/mol. The maximum atomic E-state index is 13.3. The molecule has 6 nitrogen and oxygen atoms in total. The third-order valence-corrected chi connectivity index (χ3v) is 4.81. The SMILES string of the molecule is CCOc1nc(-c2ccc(F)cc2)n(-c2ccc(NC(=O)c3ccc(C(F)(F)F)cc3)cc2)n1. The molecule has 0 saturated heterocycles. The minimum atomic E-state index is -4.47. The van der Waals surface area contributed by atoms with E-state index in [1.165, 1.54) is 16.8 Å². The van der Waals surface area contributed by atoms with E-state index in [0.717, 1.165) is 24.3 Å². The van der Waals surface area contributed by atoms with Crippen molar-refractivity contribution < 1.29 is 27.1 Å². The Hall–Kier alpha value is -4.21. The molecule has 34 heavy (non-hydrogen) atoms. The fraction of sp³-hybridized carbons (Fsp3) is 0.125. The number of amides is 1. The van der Waals surface area contributed by atoms with Crippen LogP contribution in [-0.4, -0.2) is 27.3 Å². The van der Waals surface area contributed by atoms with Gasteiger partial charge in [-0.05, 0) is 79.7 Å². The summed E-state index contributed by atoms with van der Waals surface area (Å²) in [5.41, 5.74) is 0.921. The summed E-state index contributed by atoms with van der Waals surface area (Å²) in [6.07, 6.45) is -4.47. The Morgan fingerprint density at radius 2 is 1.62 bits per heavy atom. The second-order valence-electron chi connectivity index (χ2n) is 7.15. The number of rotatable bonds is 6. The number of nitrogens with zero attached hydrogens (tertiary/aromatic N) is 3. The Bertz CT molecular complexity index is 1280. The number of hydrogen-bond donors (Lipinski definition) is 1. The molecule has 1 N–H and O–H groups in total. The van der Waals surface area contributed by atoms with Gasteiger partial charge >= 0.3 is 12.2 Å². The highest BCUT2D eigenvalue weighted by molar-refractivity contribution is 6.04. The summed E-state index contributed by atoms with van der Waals surface area (Å²) in [4.78, 5) is 16.8. The van der Waals surface area contributed by atoms with E-state index in [1.54, 1.807) is 43.3 Å². The van der Waals surface area contributed by atoms with E-state index in [4.69, 9.17) is 4.74 Å². The van der Waals surface area contributed by atoms with Crippen molar-refractivity contribution in [2.45, 2.75) is 13.1 Å². The summed E-state index contributed by atoms with van der Waals surface area (Å²) in [6, 6.07) is 16.5. The number of nitrogens with one attached hydrogen (secondary N) is 1. The quantitative estimate of drug-likeness (QED) is 0.365. The maximum Gasteiger partial charge on any atom is 0.416 e. The fourth-order valence-electron chi connectivity index (χ4n) is 3.15. The van der Waals surface area contributed by atoms with Gasteiger partial charge in [0, 0.05) is 16.8 Å². The summed E-state index contributed by atoms with van der Waals surface area (Å²) in [5.74, 6) is -0.495. The number of carbonyl (C=O) groups is 1. The van der Waals surface area contributed by atoms with Crippen molar-refractivity contribution in [2.24, 2.45) is 0 Å². The van der Waals surface area contributed by atoms with Crippen LogP contribution < -0.4 is 10.1 Å². The van der Waals surface area contributed by atoms with Gasteiger partial charge in [-0.1, -0.05) is 0 Å². The van der Waals surface area contributed by atoms with Gasteiger partial charge < -0.3 is 10.1 Å². The molecule has 4 rings (SSSR count). The highest BCUT2D eigenvalue weighted by atomic mass is 19.4. The van der Waals surface area contributed by atoms with Crippen LogP contribution in [0.5, 0.6) is 6.01 Å². The number of halogens is 4. The third-order valence-electron chi connectivity index (χ3n) is 4.81. The number of hydrogen-bond acceptors (Lipinski definition) is 4. The largest absolute Gasteiger partial charge is 0.463 e. The van der Waals surface area contributed by atoms with Crippen molar-refractivity contribution in [3.05, 3.63) is 89.7 Å². The fourth-order valence-corrected chi connectivity index (χ4v) is 3.15. The predicted octanol–water partition coefficient (Wildman–Crippen LogP) is 5.74. The van der Waals surface area contributed by atoms with Crippen LogP contribution in [0.4, 0.5) is 23.2 Å². The van der Waals surface area contributed by atoms with Crippen LogP contribution in [0, 0.1) is 5.82 Å². The van der Waals surface area contributed by atoms with Crippen LogP contribution >= 0.6 is 0 Å². The molecule has 1 amide bonds. The average molecular weight is 470 g/mol. The lowest BCUT2D eigenvalue weighted by atomic mass is 10.1. The van der Waals surface area contributed by atoms with Crippen LogP contribution in [-0.2, 0) is 6.18 Å². The van der Waals surface area contributed by atoms with Gasteiger partial charge in [0.25, 0.3) is 5.91 Å². The molecule has 1 heterocycles. The number of alkyl halides is 3. The van der Waals surface area contributed by atoms with E-state index in [0.29, 0.717) is 29.4 Å². The zero-order valence-electron chi connectivity index (χ0n) is 17.8. The lowest BCUT2D eigenvalue weighted by Crippen LogP contribution is -2.13. The highest BCUT2D eigenvalue weighted by Gasteiger charge is 2.30. The minimum absolute atomic E-state index is 0.0910. The summed E-state index contributed by atoms with van der Waals surface area (Å²) >= 11 is 0. The first kappa shape index (κ1) is 23.0. The molecule has 0 saturated carbocycles. The minimum Gasteiger partial charge on any atom is -0.463 e. The summed E-state index contributed by atoms with van der Waals surface area (Å²) in [6.45, 7) is 2.16. The van der Waals surface area contributed by atoms with Gasteiger partial charge in [0.1, 0.15) is 5.82 Å². The van der Waals surface area contributed by atoms with Gasteiger partial charge in [-0.25, -0.2) is 9.07 Å². The van der Waals surface area contributed by atoms with E-state index in [9.17, 15) is 22.4 Å². The lowest BCUT2D eigenvalue weighted by Gasteiger charge is -2.10. The van der Waals surface area contributed by atoms with Crippen LogP contribution in [0.3, 0.4) is 0 Å². The van der Waals surface area contributed by atoms with Gasteiger partial charge in [-0.15, -0.1) is 5.10 Å². The molecule has 3 aromatic carbocycles. The van der Waals surface area contributed by atoms with E-state index in [-0.39, 0.29) is 17.4 Å². The Kier molecular flexibility index (Phi) is 6.31. The molecule has 0 unspecified atom stereocenters. The molecule has 174 valence electrons. The smallest absolute Gasteiger partial charge is 0.416 e. The van der Waals surface area contributed by atoms with Crippen molar-refractivity contribution >= 4 is 11.6 Å². The monoisotopic (exact) mass is 470 g/mol. The van der Waals surface area contributed by atoms with Crippen LogP contribution in [0.2, 0.25) is 0 Å². The number of anilines is 1. The second kappa shape index (κ2) is 9.34. The first-order chi connectivity index (χ1) is 16.2. The molecule has 1 aromatic heterocycles. The molecule has 4 aromatic rings. The number of aromatic nitrogens is 3. The van der Waals surface area contributed by atoms with E-state index in [1.807, 2.05) is 0 Å². The molecule has 0 atom stereocenters. The second-order valence-corrected chi connectivity index (χ2v) is 7.15. The Morgan fingerprint density at radius 1 is 0.971 bits per heavy atom. The van der Waals surface area contributed by atoms with Gasteiger partial charge in [0.15, 0.2) is 5.82 Å². The molecule has 0 aliphatic carbocycles. The highest BCUT2D eigenvalue weighted by Crippen LogP contribution is 2.29. The Morgan fingerprint density at radius 3 is 2.21 bits per heavy atom. The number of ether oxygens (including phenoxy) is 1. The first-order valence-corrected chi connectivity index (χ1v) is 10.2. The number of benzene rings is 3. The summed E-state index contributed by atoms with van der Waals surface area (Å²) in [7, 11) is 0. The van der Waals surface area contributed by atoms with Crippen LogP contribution in [0.1, 0.15) is 22.8 Å². The number of carbonyl (C=O) groups excluding carboxylic acids is 1. The Balaban J connectivity index is 1.55. The first-order valence-electron chi connectivity index (χ1n) is 10.2. The zero-order chi connectivity index (χ0) is 24.3. The molecule has 10 heteroatoms. The van der Waals surface area contributed by atoms with Gasteiger partial charge in [-0.3, -0.25) is 4.79 Å². The molecule has 0 bridgehead atoms. The molecule has 0 fully saturated rings. The normalized spacial score (nSPS) is 11.3. The van der Waals surface area contributed by atoms with Crippen molar-refractivity contribution in [2.75, 3.05) is 11.9 Å². The van der Waals surface area contributed by atoms with E-state index >= 15 is 0 Å². The third kappa shape index (κ3) is 5.06. The predicted molar refractivity (Wildman–Crippen MR) is 117 cm³/mol. The van der Waals surface area contributed by atoms with Crippen molar-refractivity contribution in [1.82, 2.24) is 14.8 Å². The lowest BCUT2D eigenvalue weighted by molar-refractivity contribution is -0.137. The molecule has 0 spiro atoms. The molecule has 0 radical (unpaired) electrons. The van der Waals surface area contributed by atoms with Crippen molar-refractivity contribution in [1.29, 1.82) is 0 Å². The van der Waals surface area contributed by atoms with Gasteiger partial charge in [-0.2, -0.15) is 18.2 Å². The maximum absolute atomic E-state index is 13.3. The molecule has 0 aliphatic rings.